The van der Waals surface area contributed by atoms with Crippen molar-refractivity contribution in [1.82, 2.24) is 10.2 Å². The molecule has 6 nitrogen and oxygen atoms in total. The van der Waals surface area contributed by atoms with Crippen LogP contribution in [0.15, 0.2) is 12.2 Å². The zero-order valence-corrected chi connectivity index (χ0v) is 10.3. The first-order chi connectivity index (χ1) is 8.52. The van der Waals surface area contributed by atoms with E-state index in [0.717, 1.165) is 0 Å². The van der Waals surface area contributed by atoms with Crippen LogP contribution in [0.5, 0.6) is 0 Å². The third-order valence-corrected chi connectivity index (χ3v) is 3.36. The van der Waals surface area contributed by atoms with Crippen molar-refractivity contribution < 1.29 is 14.4 Å². The molecule has 1 saturated heterocycles. The maximum Gasteiger partial charge on any atom is 0.249 e. The third-order valence-electron chi connectivity index (χ3n) is 3.36. The molecule has 3 amide bonds. The Labute approximate surface area is 105 Å². The zero-order chi connectivity index (χ0) is 13.3. The summed E-state index contributed by atoms with van der Waals surface area (Å²) in [7, 11) is 0. The first kappa shape index (κ1) is 12.8. The number of carbonyl (C=O) groups excluding carboxylic acids is 3. The minimum Gasteiger partial charge on any atom is -0.324 e. The molecule has 98 valence electrons. The van der Waals surface area contributed by atoms with Gasteiger partial charge >= 0.3 is 0 Å². The highest BCUT2D eigenvalue weighted by molar-refractivity contribution is 6.04. The van der Waals surface area contributed by atoms with Gasteiger partial charge < -0.3 is 10.6 Å². The summed E-state index contributed by atoms with van der Waals surface area (Å²) in [6, 6.07) is -0.672. The maximum atomic E-state index is 12.3. The lowest BCUT2D eigenvalue weighted by Gasteiger charge is -2.34. The van der Waals surface area contributed by atoms with E-state index in [9.17, 15) is 14.4 Å². The smallest absolute Gasteiger partial charge is 0.249 e. The average molecular weight is 251 g/mol. The van der Waals surface area contributed by atoms with E-state index in [-0.39, 0.29) is 24.4 Å². The van der Waals surface area contributed by atoms with Crippen LogP contribution >= 0.6 is 0 Å². The fourth-order valence-corrected chi connectivity index (χ4v) is 2.43. The van der Waals surface area contributed by atoms with E-state index in [1.165, 1.54) is 4.90 Å². The quantitative estimate of drug-likeness (QED) is 0.494. The number of carbonyl (C=O) groups is 3. The number of nitrogens with zero attached hydrogens (tertiary/aromatic N) is 1. The third kappa shape index (κ3) is 2.28. The van der Waals surface area contributed by atoms with Crippen molar-refractivity contribution in [3.8, 4) is 0 Å². The van der Waals surface area contributed by atoms with Gasteiger partial charge in [0.2, 0.25) is 17.7 Å². The molecule has 0 spiro atoms. The fourth-order valence-electron chi connectivity index (χ4n) is 2.43. The number of piperazine rings is 1. The predicted octanol–water partition coefficient (Wildman–Crippen LogP) is -0.847. The molecular weight excluding hydrogens is 234 g/mol. The summed E-state index contributed by atoms with van der Waals surface area (Å²) in [6.45, 7) is 1.76. The van der Waals surface area contributed by atoms with Crippen molar-refractivity contribution in [2.24, 2.45) is 11.7 Å². The Balaban J connectivity index is 2.14. The van der Waals surface area contributed by atoms with Gasteiger partial charge in [0.25, 0.3) is 0 Å². The Morgan fingerprint density at radius 2 is 2.22 bits per heavy atom. The first-order valence-corrected chi connectivity index (χ1v) is 6.11. The van der Waals surface area contributed by atoms with Crippen molar-refractivity contribution in [1.29, 1.82) is 0 Å². The van der Waals surface area contributed by atoms with E-state index in [4.69, 9.17) is 5.73 Å². The van der Waals surface area contributed by atoms with Crippen LogP contribution in [0.3, 0.4) is 0 Å². The van der Waals surface area contributed by atoms with Crippen LogP contribution in [-0.2, 0) is 14.4 Å². The number of hydrogen-bond acceptors (Lipinski definition) is 4. The number of rotatable bonds is 2. The normalized spacial score (nSPS) is 31.7. The number of nitrogens with two attached hydrogens (primary N) is 1. The lowest BCUT2D eigenvalue weighted by Crippen LogP contribution is -2.60. The second-order valence-electron chi connectivity index (χ2n) is 4.69. The largest absolute Gasteiger partial charge is 0.324 e. The molecule has 0 radical (unpaired) electrons. The molecule has 18 heavy (non-hydrogen) atoms. The van der Waals surface area contributed by atoms with Crippen LogP contribution < -0.4 is 11.1 Å². The predicted molar refractivity (Wildman–Crippen MR) is 64.2 cm³/mol. The van der Waals surface area contributed by atoms with Gasteiger partial charge in [-0.3, -0.25) is 19.7 Å². The van der Waals surface area contributed by atoms with Gasteiger partial charge in [-0.05, 0) is 12.8 Å². The lowest BCUT2D eigenvalue weighted by atomic mass is 10.0. The van der Waals surface area contributed by atoms with Crippen LogP contribution in [0.25, 0.3) is 0 Å². The highest BCUT2D eigenvalue weighted by Crippen LogP contribution is 2.22. The van der Waals surface area contributed by atoms with Crippen LogP contribution in [0.2, 0.25) is 0 Å². The molecule has 3 unspecified atom stereocenters. The van der Waals surface area contributed by atoms with Crippen molar-refractivity contribution in [2.75, 3.05) is 6.54 Å². The molecule has 0 aromatic carbocycles. The Kier molecular flexibility index (Phi) is 3.47. The van der Waals surface area contributed by atoms with E-state index in [1.807, 2.05) is 6.92 Å². The molecule has 3 atom stereocenters. The lowest BCUT2D eigenvalue weighted by molar-refractivity contribution is -0.151. The van der Waals surface area contributed by atoms with Gasteiger partial charge in [-0.2, -0.15) is 0 Å². The van der Waals surface area contributed by atoms with Crippen molar-refractivity contribution in [3.63, 3.8) is 0 Å². The van der Waals surface area contributed by atoms with Gasteiger partial charge in [0.05, 0.1) is 5.92 Å². The molecule has 2 aliphatic rings. The van der Waals surface area contributed by atoms with Gasteiger partial charge in [-0.1, -0.05) is 19.1 Å². The molecule has 1 heterocycles. The maximum absolute atomic E-state index is 12.3. The van der Waals surface area contributed by atoms with Gasteiger partial charge in [-0.25, -0.2) is 0 Å². The average Bonchev–Trinajstić information content (AvgIpc) is 2.74. The molecule has 1 aliphatic heterocycles. The fraction of sp³-hybridized carbons (Fsp3) is 0.583. The van der Waals surface area contributed by atoms with E-state index >= 15 is 0 Å². The van der Waals surface area contributed by atoms with Crippen molar-refractivity contribution in [2.45, 2.75) is 31.8 Å². The summed E-state index contributed by atoms with van der Waals surface area (Å²) in [5, 5.41) is 2.25. The van der Waals surface area contributed by atoms with E-state index in [0.29, 0.717) is 12.8 Å². The SMILES string of the molecule is CCC1C(=O)NC(=O)CN1C(=O)C1C=CC(N)C1. The highest BCUT2D eigenvalue weighted by Gasteiger charge is 2.38. The van der Waals surface area contributed by atoms with Crippen LogP contribution in [0, 0.1) is 5.92 Å². The summed E-state index contributed by atoms with van der Waals surface area (Å²) < 4.78 is 0. The summed E-state index contributed by atoms with van der Waals surface area (Å²) in [6.07, 6.45) is 4.58. The Bertz CT molecular complexity index is 419. The Morgan fingerprint density at radius 3 is 2.78 bits per heavy atom. The summed E-state index contributed by atoms with van der Waals surface area (Å²) in [5.74, 6) is -1.32. The van der Waals surface area contributed by atoms with Crippen molar-refractivity contribution >= 4 is 17.7 Å². The zero-order valence-electron chi connectivity index (χ0n) is 10.3. The van der Waals surface area contributed by atoms with E-state index in [1.54, 1.807) is 12.2 Å². The molecule has 0 aromatic heterocycles. The molecule has 6 heteroatoms. The molecule has 0 saturated carbocycles. The second-order valence-corrected chi connectivity index (χ2v) is 4.69. The Morgan fingerprint density at radius 1 is 1.50 bits per heavy atom. The number of nitrogens with one attached hydrogen (secondary N) is 1. The molecule has 1 fully saturated rings. The molecule has 1 aliphatic carbocycles. The van der Waals surface area contributed by atoms with E-state index in [2.05, 4.69) is 5.32 Å². The van der Waals surface area contributed by atoms with E-state index < -0.39 is 17.9 Å². The molecular formula is C12H17N3O3. The molecule has 0 aromatic rings. The number of imide groups is 1. The number of hydrogen-bond donors (Lipinski definition) is 2. The van der Waals surface area contributed by atoms with Gasteiger partial charge in [0.15, 0.2) is 0 Å². The van der Waals surface area contributed by atoms with Gasteiger partial charge in [0.1, 0.15) is 12.6 Å². The van der Waals surface area contributed by atoms with Crippen LogP contribution in [0.1, 0.15) is 19.8 Å². The highest BCUT2D eigenvalue weighted by atomic mass is 16.2. The number of amides is 3. The minimum atomic E-state index is -0.555. The topological polar surface area (TPSA) is 92.5 Å². The molecule has 0 bridgehead atoms. The Hall–Kier alpha value is -1.69. The summed E-state index contributed by atoms with van der Waals surface area (Å²) in [5.41, 5.74) is 5.71. The first-order valence-electron chi connectivity index (χ1n) is 6.11. The van der Waals surface area contributed by atoms with Crippen LogP contribution in [-0.4, -0.2) is 41.2 Å². The summed E-state index contributed by atoms with van der Waals surface area (Å²) in [4.78, 5) is 36.7. The second kappa shape index (κ2) is 4.89. The van der Waals surface area contributed by atoms with Gasteiger partial charge in [0, 0.05) is 6.04 Å². The molecule has 2 rings (SSSR count). The van der Waals surface area contributed by atoms with Gasteiger partial charge in [-0.15, -0.1) is 0 Å². The summed E-state index contributed by atoms with van der Waals surface area (Å²) >= 11 is 0. The standard InChI is InChI=1S/C12H17N3O3/c1-2-9-11(17)14-10(16)6-15(9)12(18)7-3-4-8(13)5-7/h3-4,7-9H,2,5-6,13H2,1H3,(H,14,16,17). The van der Waals surface area contributed by atoms with Crippen LogP contribution in [0.4, 0.5) is 0 Å². The van der Waals surface area contributed by atoms with Crippen molar-refractivity contribution in [3.05, 3.63) is 12.2 Å². The molecule has 3 N–H and O–H groups in total. The minimum absolute atomic E-state index is 0.0529. The monoisotopic (exact) mass is 251 g/mol.